The number of thiazole rings is 1. The maximum Gasteiger partial charge on any atom is 0.323 e. The number of nitrogens with zero attached hydrogens (tertiary/aromatic N) is 3. The number of fused-ring (bicyclic) bond motifs is 1. The highest BCUT2D eigenvalue weighted by Gasteiger charge is 2.26. The highest BCUT2D eigenvalue weighted by molar-refractivity contribution is 7.22. The van der Waals surface area contributed by atoms with E-state index in [1.807, 2.05) is 12.1 Å². The Balaban J connectivity index is 1.27. The van der Waals surface area contributed by atoms with E-state index in [1.165, 1.54) is 6.07 Å². The van der Waals surface area contributed by atoms with Crippen molar-refractivity contribution in [2.45, 2.75) is 26.1 Å². The Morgan fingerprint density at radius 2 is 1.66 bits per heavy atom. The Kier molecular flexibility index (Phi) is 7.74. The first kappa shape index (κ1) is 27.4. The average Bonchev–Trinajstić information content (AvgIpc) is 3.39. The molecule has 0 spiro atoms. The fourth-order valence-corrected chi connectivity index (χ4v) is 6.37. The lowest BCUT2D eigenvalue weighted by molar-refractivity contribution is -0.00514. The lowest BCUT2D eigenvalue weighted by Crippen LogP contribution is -2.45. The molecule has 41 heavy (non-hydrogen) atoms. The van der Waals surface area contributed by atoms with Gasteiger partial charge in [-0.3, -0.25) is 0 Å². The van der Waals surface area contributed by atoms with Crippen LogP contribution in [0.25, 0.3) is 21.3 Å². The van der Waals surface area contributed by atoms with Gasteiger partial charge in [0.05, 0.1) is 41.5 Å². The molecule has 1 aromatic heterocycles. The molecule has 0 bridgehead atoms. The third-order valence-corrected chi connectivity index (χ3v) is 8.22. The molecule has 6 rings (SSSR count). The van der Waals surface area contributed by atoms with Crippen molar-refractivity contribution in [2.75, 3.05) is 59.8 Å². The summed E-state index contributed by atoms with van der Waals surface area (Å²) in [5.41, 5.74) is 4.54. The molecular weight excluding hydrogens is 548 g/mol. The summed E-state index contributed by atoms with van der Waals surface area (Å²) >= 11 is 1.69. The van der Waals surface area contributed by atoms with E-state index in [9.17, 15) is 13.6 Å². The molecule has 2 amide bonds. The summed E-state index contributed by atoms with van der Waals surface area (Å²) < 4.78 is 39.7. The normalized spacial score (nSPS) is 19.4. The topological polar surface area (TPSA) is 79.0 Å². The van der Waals surface area contributed by atoms with Crippen LogP contribution in [0.2, 0.25) is 0 Å². The van der Waals surface area contributed by atoms with Gasteiger partial charge in [-0.05, 0) is 61.4 Å². The van der Waals surface area contributed by atoms with Gasteiger partial charge in [-0.25, -0.2) is 18.6 Å². The Morgan fingerprint density at radius 1 is 0.927 bits per heavy atom. The molecule has 2 atom stereocenters. The Morgan fingerprint density at radius 3 is 2.37 bits per heavy atom. The molecular formula is C30H31F2N5O3S. The van der Waals surface area contributed by atoms with Gasteiger partial charge in [0.1, 0.15) is 17.2 Å². The van der Waals surface area contributed by atoms with Crippen LogP contribution in [0.4, 0.5) is 35.8 Å². The summed E-state index contributed by atoms with van der Waals surface area (Å²) in [5.74, 6) is -1.55. The molecule has 0 unspecified atom stereocenters. The zero-order valence-corrected chi connectivity index (χ0v) is 23.6. The lowest BCUT2D eigenvalue weighted by atomic mass is 10.0. The van der Waals surface area contributed by atoms with Gasteiger partial charge in [0.15, 0.2) is 5.13 Å². The summed E-state index contributed by atoms with van der Waals surface area (Å²) in [6, 6.07) is 14.2. The van der Waals surface area contributed by atoms with Gasteiger partial charge in [0.2, 0.25) is 0 Å². The van der Waals surface area contributed by atoms with Crippen LogP contribution in [-0.4, -0.2) is 62.6 Å². The molecule has 0 radical (unpaired) electrons. The molecule has 3 heterocycles. The van der Waals surface area contributed by atoms with Crippen molar-refractivity contribution in [1.82, 2.24) is 4.98 Å². The number of amides is 2. The van der Waals surface area contributed by atoms with Gasteiger partial charge < -0.3 is 29.9 Å². The predicted octanol–water partition coefficient (Wildman–Crippen LogP) is 6.34. The zero-order chi connectivity index (χ0) is 28.5. The van der Waals surface area contributed by atoms with Gasteiger partial charge >= 0.3 is 6.03 Å². The number of benzene rings is 3. The van der Waals surface area contributed by atoms with Crippen LogP contribution in [0.1, 0.15) is 13.8 Å². The van der Waals surface area contributed by atoms with Crippen LogP contribution in [0.3, 0.4) is 0 Å². The Hall–Kier alpha value is -3.80. The van der Waals surface area contributed by atoms with Crippen molar-refractivity contribution in [2.24, 2.45) is 0 Å². The summed E-state index contributed by atoms with van der Waals surface area (Å²) in [4.78, 5) is 22.1. The monoisotopic (exact) mass is 579 g/mol. The second-order valence-corrected chi connectivity index (χ2v) is 11.4. The third kappa shape index (κ3) is 6.12. The number of rotatable bonds is 5. The fraction of sp³-hybridized carbons (Fsp3) is 0.333. The number of anilines is 4. The number of halogens is 2. The largest absolute Gasteiger partial charge is 0.378 e. The lowest BCUT2D eigenvalue weighted by Gasteiger charge is -2.37. The Bertz CT molecular complexity index is 1550. The van der Waals surface area contributed by atoms with E-state index in [4.69, 9.17) is 14.5 Å². The van der Waals surface area contributed by atoms with Gasteiger partial charge in [-0.15, -0.1) is 0 Å². The quantitative estimate of drug-likeness (QED) is 0.288. The van der Waals surface area contributed by atoms with Gasteiger partial charge in [0.25, 0.3) is 0 Å². The van der Waals surface area contributed by atoms with Crippen molar-refractivity contribution >= 4 is 49.8 Å². The van der Waals surface area contributed by atoms with Crippen LogP contribution >= 0.6 is 11.3 Å². The fourth-order valence-electron chi connectivity index (χ4n) is 5.29. The molecule has 4 aromatic rings. The van der Waals surface area contributed by atoms with E-state index in [0.29, 0.717) is 18.9 Å². The summed E-state index contributed by atoms with van der Waals surface area (Å²) in [6.45, 7) is 8.78. The summed E-state index contributed by atoms with van der Waals surface area (Å²) in [7, 11) is 0. The number of carbonyl (C=O) groups is 1. The summed E-state index contributed by atoms with van der Waals surface area (Å²) in [6.07, 6.45) is 0.212. The number of ether oxygens (including phenoxy) is 2. The molecule has 214 valence electrons. The van der Waals surface area contributed by atoms with Crippen molar-refractivity contribution < 1.29 is 23.0 Å². The van der Waals surface area contributed by atoms with E-state index in [0.717, 1.165) is 70.5 Å². The minimum atomic E-state index is -0.842. The smallest absolute Gasteiger partial charge is 0.323 e. The number of urea groups is 1. The van der Waals surface area contributed by atoms with Crippen LogP contribution < -0.4 is 20.4 Å². The molecule has 2 N–H and O–H groups in total. The first-order chi connectivity index (χ1) is 19.8. The second-order valence-electron chi connectivity index (χ2n) is 10.4. The van der Waals surface area contributed by atoms with Crippen molar-refractivity contribution in [3.05, 3.63) is 66.2 Å². The highest BCUT2D eigenvalue weighted by atomic mass is 32.1. The SMILES string of the molecule is C[C@@H]1CN(c2cc(-c3ccc(NC(=O)Nc4ccc(F)cc4F)cc3)cc3sc(N4CCOCC4)nc23)C[C@H](C)O1. The first-order valence-electron chi connectivity index (χ1n) is 13.6. The minimum absolute atomic E-state index is 0.103. The zero-order valence-electron chi connectivity index (χ0n) is 22.8. The third-order valence-electron chi connectivity index (χ3n) is 7.16. The van der Waals surface area contributed by atoms with Crippen molar-refractivity contribution in [1.29, 1.82) is 0 Å². The number of morpholine rings is 2. The van der Waals surface area contributed by atoms with Gasteiger partial charge in [0, 0.05) is 37.9 Å². The molecule has 11 heteroatoms. The molecule has 2 aliphatic heterocycles. The Labute approximate surface area is 240 Å². The number of hydrogen-bond donors (Lipinski definition) is 2. The highest BCUT2D eigenvalue weighted by Crippen LogP contribution is 2.40. The van der Waals surface area contributed by atoms with Gasteiger partial charge in [-0.2, -0.15) is 0 Å². The van der Waals surface area contributed by atoms with Crippen molar-refractivity contribution in [3.8, 4) is 11.1 Å². The molecule has 0 aliphatic carbocycles. The van der Waals surface area contributed by atoms with E-state index >= 15 is 0 Å². The van der Waals surface area contributed by atoms with Crippen LogP contribution in [0, 0.1) is 11.6 Å². The maximum atomic E-state index is 13.9. The number of nitrogens with one attached hydrogen (secondary N) is 2. The van der Waals surface area contributed by atoms with E-state index in [2.05, 4.69) is 46.4 Å². The van der Waals surface area contributed by atoms with Crippen LogP contribution in [-0.2, 0) is 9.47 Å². The standard InChI is InChI=1S/C30H31F2N5O3S/c1-18-16-37(17-19(2)40-18)26-13-21(14-27-28(26)35-30(41-27)36-9-11-39-12-10-36)20-3-6-23(7-4-20)33-29(38)34-25-8-5-22(31)15-24(25)32/h3-8,13-15,18-19H,9-12,16-17H2,1-2H3,(H2,33,34,38)/t18-,19+. The number of carbonyl (C=O) groups excluding carboxylic acids is 1. The molecule has 2 saturated heterocycles. The van der Waals surface area contributed by atoms with E-state index in [-0.39, 0.29) is 17.9 Å². The van der Waals surface area contributed by atoms with Crippen LogP contribution in [0.5, 0.6) is 0 Å². The minimum Gasteiger partial charge on any atom is -0.378 e. The molecule has 2 aliphatic rings. The maximum absolute atomic E-state index is 13.9. The number of aromatic nitrogens is 1. The predicted molar refractivity (Wildman–Crippen MR) is 159 cm³/mol. The molecule has 3 aromatic carbocycles. The first-order valence-corrected chi connectivity index (χ1v) is 14.5. The van der Waals surface area contributed by atoms with E-state index < -0.39 is 17.7 Å². The van der Waals surface area contributed by atoms with E-state index in [1.54, 1.807) is 23.5 Å². The summed E-state index contributed by atoms with van der Waals surface area (Å²) in [5, 5.41) is 6.10. The average molecular weight is 580 g/mol. The number of hydrogen-bond acceptors (Lipinski definition) is 7. The van der Waals surface area contributed by atoms with Gasteiger partial charge in [-0.1, -0.05) is 23.5 Å². The molecule has 0 saturated carbocycles. The molecule has 2 fully saturated rings. The second kappa shape index (κ2) is 11.6. The van der Waals surface area contributed by atoms with Crippen molar-refractivity contribution in [3.63, 3.8) is 0 Å². The molecule has 8 nitrogen and oxygen atoms in total. The van der Waals surface area contributed by atoms with Crippen LogP contribution in [0.15, 0.2) is 54.6 Å².